The average Bonchev–Trinajstić information content (AvgIpc) is 2.67. The summed E-state index contributed by atoms with van der Waals surface area (Å²) in [7, 11) is 0. The van der Waals surface area contributed by atoms with Crippen molar-refractivity contribution in [1.29, 1.82) is 0 Å². The molecule has 0 unspecified atom stereocenters. The summed E-state index contributed by atoms with van der Waals surface area (Å²) < 4.78 is 0. The number of nitrogens with two attached hydrogens (primary N) is 1. The van der Waals surface area contributed by atoms with E-state index in [2.05, 4.69) is 0 Å². The molecule has 0 aliphatic heterocycles. The van der Waals surface area contributed by atoms with E-state index in [9.17, 15) is 4.79 Å². The van der Waals surface area contributed by atoms with Crippen LogP contribution in [0.5, 0.6) is 0 Å². The van der Waals surface area contributed by atoms with Crippen LogP contribution in [0.3, 0.4) is 0 Å². The first-order chi connectivity index (χ1) is 8.31. The molecule has 0 heterocycles. The fourth-order valence-corrected chi connectivity index (χ4v) is 3.58. The van der Waals surface area contributed by atoms with Gasteiger partial charge in [-0.25, -0.2) is 0 Å². The molecule has 2 nitrogen and oxygen atoms in total. The Labute approximate surface area is 105 Å². The molecule has 0 aromatic carbocycles. The molecule has 0 saturated heterocycles. The molecule has 0 atom stereocenters. The second kappa shape index (κ2) is 6.53. The summed E-state index contributed by atoms with van der Waals surface area (Å²) in [6.45, 7) is 0.810. The third-order valence-corrected chi connectivity index (χ3v) is 4.84. The van der Waals surface area contributed by atoms with Crippen LogP contribution >= 0.6 is 0 Å². The molecule has 2 N–H and O–H groups in total. The summed E-state index contributed by atoms with van der Waals surface area (Å²) in [6, 6.07) is 0. The Bertz CT molecular complexity index is 235. The maximum Gasteiger partial charge on any atom is 0.139 e. The molecular formula is C15H27NO. The molecule has 2 aliphatic rings. The molecule has 2 heteroatoms. The van der Waals surface area contributed by atoms with Gasteiger partial charge in [0.1, 0.15) is 5.78 Å². The molecule has 0 bridgehead atoms. The second-order valence-corrected chi connectivity index (χ2v) is 6.04. The molecule has 0 spiro atoms. The zero-order chi connectivity index (χ0) is 12.1. The van der Waals surface area contributed by atoms with Gasteiger partial charge in [0.2, 0.25) is 0 Å². The smallest absolute Gasteiger partial charge is 0.139 e. The molecule has 0 aromatic rings. The van der Waals surface area contributed by atoms with Gasteiger partial charge in [0, 0.05) is 11.8 Å². The van der Waals surface area contributed by atoms with Gasteiger partial charge in [-0.15, -0.1) is 0 Å². The third-order valence-electron chi connectivity index (χ3n) is 4.84. The van der Waals surface area contributed by atoms with Crippen molar-refractivity contribution in [2.75, 3.05) is 6.54 Å². The number of hydrogen-bond acceptors (Lipinski definition) is 2. The number of rotatable bonds is 3. The van der Waals surface area contributed by atoms with E-state index in [1.165, 1.54) is 38.5 Å². The van der Waals surface area contributed by atoms with Crippen LogP contribution in [0.25, 0.3) is 0 Å². The molecule has 0 aromatic heterocycles. The molecule has 0 amide bonds. The maximum atomic E-state index is 12.5. The number of carbonyl (C=O) groups excluding carboxylic acids is 1. The van der Waals surface area contributed by atoms with Crippen molar-refractivity contribution in [3.8, 4) is 0 Å². The van der Waals surface area contributed by atoms with Crippen molar-refractivity contribution >= 4 is 5.78 Å². The lowest BCUT2D eigenvalue weighted by Gasteiger charge is -2.29. The monoisotopic (exact) mass is 237 g/mol. The van der Waals surface area contributed by atoms with Gasteiger partial charge in [-0.05, 0) is 51.0 Å². The van der Waals surface area contributed by atoms with Crippen molar-refractivity contribution in [2.45, 2.75) is 64.2 Å². The summed E-state index contributed by atoms with van der Waals surface area (Å²) in [5, 5.41) is 0. The Morgan fingerprint density at radius 2 is 1.35 bits per heavy atom. The fourth-order valence-electron chi connectivity index (χ4n) is 3.58. The minimum atomic E-state index is 0.376. The van der Waals surface area contributed by atoms with E-state index in [4.69, 9.17) is 5.73 Å². The van der Waals surface area contributed by atoms with E-state index >= 15 is 0 Å². The molecule has 2 saturated carbocycles. The van der Waals surface area contributed by atoms with Crippen LogP contribution < -0.4 is 5.73 Å². The summed E-state index contributed by atoms with van der Waals surface area (Å²) in [5.41, 5.74) is 5.70. The molecule has 2 fully saturated rings. The van der Waals surface area contributed by atoms with Crippen LogP contribution in [-0.2, 0) is 4.79 Å². The van der Waals surface area contributed by atoms with Crippen molar-refractivity contribution < 1.29 is 4.79 Å². The van der Waals surface area contributed by atoms with Crippen molar-refractivity contribution in [3.05, 3.63) is 0 Å². The van der Waals surface area contributed by atoms with E-state index in [0.717, 1.165) is 32.2 Å². The Balaban J connectivity index is 1.82. The van der Waals surface area contributed by atoms with E-state index in [0.29, 0.717) is 23.5 Å². The second-order valence-electron chi connectivity index (χ2n) is 6.04. The van der Waals surface area contributed by atoms with Crippen LogP contribution in [-0.4, -0.2) is 12.3 Å². The molecule has 2 rings (SSSR count). The highest BCUT2D eigenvalue weighted by Crippen LogP contribution is 2.33. The predicted molar refractivity (Wildman–Crippen MR) is 70.7 cm³/mol. The summed E-state index contributed by atoms with van der Waals surface area (Å²) in [6.07, 6.45) is 12.1. The minimum absolute atomic E-state index is 0.376. The van der Waals surface area contributed by atoms with Crippen LogP contribution in [0.15, 0.2) is 0 Å². The Kier molecular flexibility index (Phi) is 5.02. The minimum Gasteiger partial charge on any atom is -0.330 e. The zero-order valence-electron chi connectivity index (χ0n) is 11.0. The quantitative estimate of drug-likeness (QED) is 0.765. The molecule has 98 valence electrons. The number of ketones is 1. The van der Waals surface area contributed by atoms with Crippen molar-refractivity contribution in [1.82, 2.24) is 0 Å². The highest BCUT2D eigenvalue weighted by atomic mass is 16.1. The summed E-state index contributed by atoms with van der Waals surface area (Å²) >= 11 is 0. The first kappa shape index (κ1) is 13.1. The highest BCUT2D eigenvalue weighted by molar-refractivity contribution is 5.83. The zero-order valence-corrected chi connectivity index (χ0v) is 11.0. The van der Waals surface area contributed by atoms with Crippen molar-refractivity contribution in [3.63, 3.8) is 0 Å². The Morgan fingerprint density at radius 3 is 1.88 bits per heavy atom. The standard InChI is InChI=1S/C15H27NO/c16-11-12-7-9-14(10-8-12)15(17)13-5-3-1-2-4-6-13/h12-14H,1-11,16H2. The van der Waals surface area contributed by atoms with E-state index in [-0.39, 0.29) is 0 Å². The van der Waals surface area contributed by atoms with Crippen molar-refractivity contribution in [2.24, 2.45) is 23.5 Å². The topological polar surface area (TPSA) is 43.1 Å². The van der Waals surface area contributed by atoms with E-state index in [1.54, 1.807) is 0 Å². The molecule has 0 radical (unpaired) electrons. The van der Waals surface area contributed by atoms with E-state index in [1.807, 2.05) is 0 Å². The molecule has 17 heavy (non-hydrogen) atoms. The largest absolute Gasteiger partial charge is 0.330 e. The lowest BCUT2D eigenvalue weighted by Crippen LogP contribution is -2.29. The predicted octanol–water partition coefficient (Wildman–Crippen LogP) is 3.29. The van der Waals surface area contributed by atoms with Crippen LogP contribution in [0.2, 0.25) is 0 Å². The number of Topliss-reactive ketones (excluding diaryl/α,β-unsaturated/α-hetero) is 1. The average molecular weight is 237 g/mol. The van der Waals surface area contributed by atoms with Gasteiger partial charge in [-0.2, -0.15) is 0 Å². The van der Waals surface area contributed by atoms with Gasteiger partial charge in [0.15, 0.2) is 0 Å². The Hall–Kier alpha value is -0.370. The van der Waals surface area contributed by atoms with Crippen LogP contribution in [0, 0.1) is 17.8 Å². The normalized spacial score (nSPS) is 32.1. The molecular weight excluding hydrogens is 210 g/mol. The van der Waals surface area contributed by atoms with Gasteiger partial charge in [-0.1, -0.05) is 25.7 Å². The SMILES string of the molecule is NCC1CCC(C(=O)C2CCCCCC2)CC1. The number of hydrogen-bond donors (Lipinski definition) is 1. The highest BCUT2D eigenvalue weighted by Gasteiger charge is 2.30. The first-order valence-corrected chi connectivity index (χ1v) is 7.55. The van der Waals surface area contributed by atoms with Gasteiger partial charge >= 0.3 is 0 Å². The lowest BCUT2D eigenvalue weighted by atomic mass is 9.76. The maximum absolute atomic E-state index is 12.5. The summed E-state index contributed by atoms with van der Waals surface area (Å²) in [4.78, 5) is 12.5. The van der Waals surface area contributed by atoms with Gasteiger partial charge in [-0.3, -0.25) is 4.79 Å². The lowest BCUT2D eigenvalue weighted by molar-refractivity contribution is -0.128. The van der Waals surface area contributed by atoms with E-state index < -0.39 is 0 Å². The van der Waals surface area contributed by atoms with Crippen LogP contribution in [0.1, 0.15) is 64.2 Å². The van der Waals surface area contributed by atoms with Gasteiger partial charge in [0.25, 0.3) is 0 Å². The number of carbonyl (C=O) groups is 1. The first-order valence-electron chi connectivity index (χ1n) is 7.55. The third kappa shape index (κ3) is 3.54. The van der Waals surface area contributed by atoms with Gasteiger partial charge in [0.05, 0.1) is 0 Å². The van der Waals surface area contributed by atoms with Crippen LogP contribution in [0.4, 0.5) is 0 Å². The Morgan fingerprint density at radius 1 is 0.824 bits per heavy atom. The summed E-state index contributed by atoms with van der Waals surface area (Å²) in [5.74, 6) is 2.06. The van der Waals surface area contributed by atoms with Gasteiger partial charge < -0.3 is 5.73 Å². The molecule has 2 aliphatic carbocycles. The fraction of sp³-hybridized carbons (Fsp3) is 0.933.